The van der Waals surface area contributed by atoms with Crippen LogP contribution >= 0.6 is 0 Å². The van der Waals surface area contributed by atoms with Crippen LogP contribution in [0.1, 0.15) is 23.2 Å². The molecule has 0 spiro atoms. The normalized spacial score (nSPS) is 17.1. The number of aromatic nitrogens is 1. The number of hydrogen-bond acceptors (Lipinski definition) is 4. The van der Waals surface area contributed by atoms with Crippen LogP contribution in [-0.2, 0) is 9.53 Å². The Kier molecular flexibility index (Phi) is 3.77. The van der Waals surface area contributed by atoms with Crippen molar-refractivity contribution in [2.45, 2.75) is 18.4 Å². The first-order valence-electron chi connectivity index (χ1n) is 7.10. The molecular formula is C16H16N2O4. The number of nitrogens with one attached hydrogen (secondary N) is 1. The maximum atomic E-state index is 12.6. The Bertz CT molecular complexity index is 718. The fourth-order valence-electron chi connectivity index (χ4n) is 2.70. The van der Waals surface area contributed by atoms with Crippen LogP contribution in [0.5, 0.6) is 0 Å². The fourth-order valence-corrected chi connectivity index (χ4v) is 2.70. The second-order valence-electron chi connectivity index (χ2n) is 5.33. The van der Waals surface area contributed by atoms with E-state index in [9.17, 15) is 14.7 Å². The van der Waals surface area contributed by atoms with E-state index in [2.05, 4.69) is 10.3 Å². The molecule has 3 rings (SSSR count). The summed E-state index contributed by atoms with van der Waals surface area (Å²) in [5, 5.41) is 12.9. The standard InChI is InChI=1S/C16H16N2O4/c19-14(18-16(15(20)21)6-9-22-10-7-16)12-3-1-5-13-11(12)4-2-8-17-13/h1-5,8H,6-7,9-10H2,(H,18,19)(H,20,21). The number of ether oxygens (including phenoxy) is 1. The van der Waals surface area contributed by atoms with E-state index in [-0.39, 0.29) is 12.8 Å². The van der Waals surface area contributed by atoms with Crippen molar-refractivity contribution in [2.75, 3.05) is 13.2 Å². The van der Waals surface area contributed by atoms with Crippen molar-refractivity contribution >= 4 is 22.8 Å². The maximum Gasteiger partial charge on any atom is 0.329 e. The number of carboxylic acid groups (broad SMARTS) is 1. The summed E-state index contributed by atoms with van der Waals surface area (Å²) >= 11 is 0. The van der Waals surface area contributed by atoms with Crippen molar-refractivity contribution in [3.05, 3.63) is 42.1 Å². The second-order valence-corrected chi connectivity index (χ2v) is 5.33. The predicted molar refractivity (Wildman–Crippen MR) is 79.6 cm³/mol. The van der Waals surface area contributed by atoms with Crippen molar-refractivity contribution in [3.63, 3.8) is 0 Å². The van der Waals surface area contributed by atoms with Gasteiger partial charge in [-0.05, 0) is 18.2 Å². The van der Waals surface area contributed by atoms with E-state index in [0.717, 1.165) is 0 Å². The van der Waals surface area contributed by atoms with Crippen LogP contribution in [0.15, 0.2) is 36.5 Å². The SMILES string of the molecule is O=C(NC1(C(=O)O)CCOCC1)c1cccc2ncccc12. The number of carboxylic acids is 1. The van der Waals surface area contributed by atoms with E-state index in [1.165, 1.54) is 0 Å². The van der Waals surface area contributed by atoms with Crippen molar-refractivity contribution in [3.8, 4) is 0 Å². The second kappa shape index (κ2) is 5.73. The van der Waals surface area contributed by atoms with Crippen molar-refractivity contribution < 1.29 is 19.4 Å². The molecule has 1 saturated heterocycles. The number of nitrogens with zero attached hydrogens (tertiary/aromatic N) is 1. The van der Waals surface area contributed by atoms with E-state index < -0.39 is 17.4 Å². The fraction of sp³-hybridized carbons (Fsp3) is 0.312. The number of amides is 1. The molecule has 0 atom stereocenters. The Morgan fingerprint density at radius 3 is 2.68 bits per heavy atom. The minimum absolute atomic E-state index is 0.261. The molecule has 2 heterocycles. The van der Waals surface area contributed by atoms with Crippen molar-refractivity contribution in [1.82, 2.24) is 10.3 Å². The van der Waals surface area contributed by atoms with Gasteiger partial charge in [0.2, 0.25) is 0 Å². The van der Waals surface area contributed by atoms with Gasteiger partial charge in [0, 0.05) is 43.2 Å². The van der Waals surface area contributed by atoms with Gasteiger partial charge >= 0.3 is 5.97 Å². The molecule has 1 aromatic heterocycles. The molecule has 1 aromatic carbocycles. The number of pyridine rings is 1. The molecular weight excluding hydrogens is 284 g/mol. The zero-order valence-corrected chi connectivity index (χ0v) is 11.9. The summed E-state index contributed by atoms with van der Waals surface area (Å²) in [5.41, 5.74) is -0.135. The summed E-state index contributed by atoms with van der Waals surface area (Å²) in [6.07, 6.45) is 2.18. The molecule has 0 unspecified atom stereocenters. The first kappa shape index (κ1) is 14.5. The Labute approximate surface area is 127 Å². The molecule has 2 N–H and O–H groups in total. The lowest BCUT2D eigenvalue weighted by atomic mass is 9.89. The highest BCUT2D eigenvalue weighted by Gasteiger charge is 2.41. The number of carbonyl (C=O) groups is 2. The monoisotopic (exact) mass is 300 g/mol. The van der Waals surface area contributed by atoms with Crippen molar-refractivity contribution in [1.29, 1.82) is 0 Å². The van der Waals surface area contributed by atoms with Gasteiger partial charge in [-0.25, -0.2) is 4.79 Å². The van der Waals surface area contributed by atoms with Gasteiger partial charge in [0.1, 0.15) is 5.54 Å². The summed E-state index contributed by atoms with van der Waals surface area (Å²) in [7, 11) is 0. The van der Waals surface area contributed by atoms with Crippen LogP contribution in [-0.4, -0.2) is 40.7 Å². The highest BCUT2D eigenvalue weighted by molar-refractivity contribution is 6.07. The van der Waals surface area contributed by atoms with E-state index in [1.54, 1.807) is 30.5 Å². The Hall–Kier alpha value is -2.47. The lowest BCUT2D eigenvalue weighted by Gasteiger charge is -2.34. The number of aliphatic carboxylic acids is 1. The molecule has 1 fully saturated rings. The van der Waals surface area contributed by atoms with E-state index in [1.807, 2.05) is 6.07 Å². The van der Waals surface area contributed by atoms with E-state index in [4.69, 9.17) is 4.74 Å². The average Bonchev–Trinajstić information content (AvgIpc) is 2.55. The Balaban J connectivity index is 1.94. The zero-order chi connectivity index (χ0) is 15.6. The molecule has 6 nitrogen and oxygen atoms in total. The summed E-state index contributed by atoms with van der Waals surface area (Å²) in [4.78, 5) is 28.4. The Morgan fingerprint density at radius 1 is 1.18 bits per heavy atom. The molecule has 1 aliphatic rings. The highest BCUT2D eigenvalue weighted by atomic mass is 16.5. The molecule has 1 amide bonds. The molecule has 0 bridgehead atoms. The zero-order valence-electron chi connectivity index (χ0n) is 11.9. The van der Waals surface area contributed by atoms with Crippen LogP contribution in [0, 0.1) is 0 Å². The predicted octanol–water partition coefficient (Wildman–Crippen LogP) is 1.60. The van der Waals surface area contributed by atoms with Gasteiger partial charge in [0.15, 0.2) is 0 Å². The first-order chi connectivity index (χ1) is 10.6. The third kappa shape index (κ3) is 2.53. The molecule has 2 aromatic rings. The van der Waals surface area contributed by atoms with Gasteiger partial charge in [0.25, 0.3) is 5.91 Å². The van der Waals surface area contributed by atoms with Crippen LogP contribution in [0.2, 0.25) is 0 Å². The number of benzene rings is 1. The number of carbonyl (C=O) groups excluding carboxylic acids is 1. The molecule has 0 aliphatic carbocycles. The minimum atomic E-state index is -1.26. The summed E-state index contributed by atoms with van der Waals surface area (Å²) in [6.45, 7) is 0.646. The molecule has 1 aliphatic heterocycles. The first-order valence-corrected chi connectivity index (χ1v) is 7.10. The largest absolute Gasteiger partial charge is 0.480 e. The number of hydrogen-bond donors (Lipinski definition) is 2. The quantitative estimate of drug-likeness (QED) is 0.899. The van der Waals surface area contributed by atoms with Crippen molar-refractivity contribution in [2.24, 2.45) is 0 Å². The maximum absolute atomic E-state index is 12.6. The smallest absolute Gasteiger partial charge is 0.329 e. The number of rotatable bonds is 3. The lowest BCUT2D eigenvalue weighted by Crippen LogP contribution is -2.57. The average molecular weight is 300 g/mol. The Morgan fingerprint density at radius 2 is 1.95 bits per heavy atom. The molecule has 114 valence electrons. The highest BCUT2D eigenvalue weighted by Crippen LogP contribution is 2.23. The van der Waals surface area contributed by atoms with E-state index in [0.29, 0.717) is 29.7 Å². The third-order valence-corrected chi connectivity index (χ3v) is 4.00. The summed E-state index contributed by atoms with van der Waals surface area (Å²) in [6, 6.07) is 8.78. The molecule has 0 radical (unpaired) electrons. The van der Waals surface area contributed by atoms with Gasteiger partial charge in [0.05, 0.1) is 5.52 Å². The summed E-state index contributed by atoms with van der Waals surface area (Å²) < 4.78 is 5.21. The number of fused-ring (bicyclic) bond motifs is 1. The van der Waals surface area contributed by atoms with Gasteiger partial charge in [-0.1, -0.05) is 12.1 Å². The lowest BCUT2D eigenvalue weighted by molar-refractivity contribution is -0.148. The van der Waals surface area contributed by atoms with Gasteiger partial charge in [-0.15, -0.1) is 0 Å². The van der Waals surface area contributed by atoms with Gasteiger partial charge < -0.3 is 15.2 Å². The van der Waals surface area contributed by atoms with Gasteiger partial charge in [-0.3, -0.25) is 9.78 Å². The topological polar surface area (TPSA) is 88.5 Å². The van der Waals surface area contributed by atoms with Gasteiger partial charge in [-0.2, -0.15) is 0 Å². The summed E-state index contributed by atoms with van der Waals surface area (Å²) in [5.74, 6) is -1.43. The van der Waals surface area contributed by atoms with Crippen LogP contribution in [0.25, 0.3) is 10.9 Å². The molecule has 22 heavy (non-hydrogen) atoms. The van der Waals surface area contributed by atoms with Crippen LogP contribution in [0.4, 0.5) is 0 Å². The van der Waals surface area contributed by atoms with E-state index >= 15 is 0 Å². The minimum Gasteiger partial charge on any atom is -0.480 e. The molecule has 0 saturated carbocycles. The van der Waals surface area contributed by atoms with Crippen LogP contribution < -0.4 is 5.32 Å². The molecule has 6 heteroatoms. The van der Waals surface area contributed by atoms with Crippen LogP contribution in [0.3, 0.4) is 0 Å². The third-order valence-electron chi connectivity index (χ3n) is 4.00.